The number of benzene rings is 3. The summed E-state index contributed by atoms with van der Waals surface area (Å²) in [6.45, 7) is 1.66. The molecule has 1 aliphatic rings. The van der Waals surface area contributed by atoms with Crippen LogP contribution in [0.25, 0.3) is 33.1 Å². The molecular weight excluding hydrogens is 304 g/mol. The molecule has 5 rings (SSSR count). The predicted molar refractivity (Wildman–Crippen MR) is 90.7 cm³/mol. The third-order valence-electron chi connectivity index (χ3n) is 4.79. The Morgan fingerprint density at radius 1 is 1.00 bits per heavy atom. The van der Waals surface area contributed by atoms with Gasteiger partial charge >= 0.3 is 0 Å². The van der Waals surface area contributed by atoms with Crippen molar-refractivity contribution in [3.05, 3.63) is 59.2 Å². The van der Waals surface area contributed by atoms with E-state index in [1.165, 1.54) is 6.07 Å². The SMILES string of the molecule is Cc1c(O)c(O)cc2c3c(oc12)-c1cccc2cccc(c12)C3=O. The van der Waals surface area contributed by atoms with Crippen LogP contribution in [0.15, 0.2) is 46.9 Å². The molecule has 0 saturated heterocycles. The highest BCUT2D eigenvalue weighted by Gasteiger charge is 2.32. The van der Waals surface area contributed by atoms with Crippen molar-refractivity contribution in [3.63, 3.8) is 0 Å². The van der Waals surface area contributed by atoms with Crippen LogP contribution in [-0.4, -0.2) is 16.0 Å². The van der Waals surface area contributed by atoms with Gasteiger partial charge in [0, 0.05) is 27.5 Å². The van der Waals surface area contributed by atoms with Gasteiger partial charge in [0.05, 0.1) is 5.56 Å². The molecule has 0 saturated carbocycles. The topological polar surface area (TPSA) is 70.7 Å². The second kappa shape index (κ2) is 4.17. The minimum absolute atomic E-state index is 0.127. The number of hydrogen-bond acceptors (Lipinski definition) is 4. The molecule has 0 radical (unpaired) electrons. The van der Waals surface area contributed by atoms with Crippen LogP contribution in [-0.2, 0) is 0 Å². The molecule has 4 nitrogen and oxygen atoms in total. The first-order valence-corrected chi connectivity index (χ1v) is 7.62. The van der Waals surface area contributed by atoms with E-state index in [2.05, 4.69) is 0 Å². The summed E-state index contributed by atoms with van der Waals surface area (Å²) in [5, 5.41) is 22.3. The van der Waals surface area contributed by atoms with Gasteiger partial charge in [-0.3, -0.25) is 4.79 Å². The standard InChI is InChI=1S/C20H12O4/c1-9-17(22)14(21)8-13-16-18(23)11-6-2-4-10-5-3-7-12(15(10)11)20(16)24-19(9)13/h2-8,21-22H,1H3. The maximum atomic E-state index is 13.1. The molecule has 1 aliphatic carbocycles. The summed E-state index contributed by atoms with van der Waals surface area (Å²) >= 11 is 0. The van der Waals surface area contributed by atoms with E-state index in [1.807, 2.05) is 36.4 Å². The number of aryl methyl sites for hydroxylation is 1. The van der Waals surface area contributed by atoms with Crippen molar-refractivity contribution in [1.82, 2.24) is 0 Å². The highest BCUT2D eigenvalue weighted by Crippen LogP contribution is 2.47. The number of fused-ring (bicyclic) bond motifs is 4. The zero-order valence-electron chi connectivity index (χ0n) is 12.8. The molecule has 2 N–H and O–H groups in total. The summed E-state index contributed by atoms with van der Waals surface area (Å²) in [5.41, 5.74) is 2.77. The molecule has 0 bridgehead atoms. The van der Waals surface area contributed by atoms with Crippen LogP contribution in [0.5, 0.6) is 11.5 Å². The number of phenolic OH excluding ortho intramolecular Hbond substituents is 2. The predicted octanol–water partition coefficient (Wildman–Crippen LogP) is 4.52. The van der Waals surface area contributed by atoms with Gasteiger partial charge in [-0.1, -0.05) is 36.4 Å². The average Bonchev–Trinajstić information content (AvgIpc) is 2.97. The Bertz CT molecular complexity index is 1190. The summed E-state index contributed by atoms with van der Waals surface area (Å²) < 4.78 is 5.98. The van der Waals surface area contributed by atoms with Crippen LogP contribution in [0, 0.1) is 6.92 Å². The molecule has 0 spiro atoms. The molecule has 4 aromatic rings. The molecule has 1 aromatic heterocycles. The Balaban J connectivity index is 2.02. The first-order valence-electron chi connectivity index (χ1n) is 7.62. The number of rotatable bonds is 0. The van der Waals surface area contributed by atoms with Gasteiger partial charge in [0.15, 0.2) is 17.3 Å². The fraction of sp³-hybridized carbons (Fsp3) is 0.0500. The monoisotopic (exact) mass is 316 g/mol. The molecule has 4 heteroatoms. The smallest absolute Gasteiger partial charge is 0.198 e. The van der Waals surface area contributed by atoms with Crippen LogP contribution < -0.4 is 0 Å². The maximum absolute atomic E-state index is 13.1. The van der Waals surface area contributed by atoms with Crippen molar-refractivity contribution in [2.45, 2.75) is 6.92 Å². The highest BCUT2D eigenvalue weighted by molar-refractivity contribution is 6.29. The van der Waals surface area contributed by atoms with Gasteiger partial charge in [-0.05, 0) is 18.4 Å². The van der Waals surface area contributed by atoms with Gasteiger partial charge < -0.3 is 14.6 Å². The summed E-state index contributed by atoms with van der Waals surface area (Å²) in [5.74, 6) is -0.116. The molecule has 3 aromatic carbocycles. The number of phenols is 2. The van der Waals surface area contributed by atoms with Crippen molar-refractivity contribution < 1.29 is 19.4 Å². The zero-order valence-corrected chi connectivity index (χ0v) is 12.8. The van der Waals surface area contributed by atoms with E-state index in [1.54, 1.807) is 6.92 Å². The van der Waals surface area contributed by atoms with Crippen LogP contribution >= 0.6 is 0 Å². The molecule has 0 aliphatic heterocycles. The molecule has 0 amide bonds. The second-order valence-corrected chi connectivity index (χ2v) is 6.09. The molecular formula is C20H12O4. The summed E-state index contributed by atoms with van der Waals surface area (Å²) in [6.07, 6.45) is 0. The molecule has 0 fully saturated rings. The fourth-order valence-corrected chi connectivity index (χ4v) is 3.63. The summed E-state index contributed by atoms with van der Waals surface area (Å²) in [4.78, 5) is 13.1. The molecule has 1 heterocycles. The Labute approximate surface area is 136 Å². The van der Waals surface area contributed by atoms with Crippen LogP contribution in [0.4, 0.5) is 0 Å². The van der Waals surface area contributed by atoms with Gasteiger partial charge in [0.1, 0.15) is 11.3 Å². The van der Waals surface area contributed by atoms with Crippen molar-refractivity contribution >= 4 is 27.5 Å². The maximum Gasteiger partial charge on any atom is 0.198 e. The summed E-state index contributed by atoms with van der Waals surface area (Å²) in [7, 11) is 0. The number of aromatic hydroxyl groups is 2. The third kappa shape index (κ3) is 1.41. The van der Waals surface area contributed by atoms with E-state index < -0.39 is 0 Å². The number of carbonyl (C=O) groups excluding carboxylic acids is 1. The van der Waals surface area contributed by atoms with Crippen molar-refractivity contribution in [2.75, 3.05) is 0 Å². The summed E-state index contributed by atoms with van der Waals surface area (Å²) in [6, 6.07) is 12.8. The number of carbonyl (C=O) groups is 1. The van der Waals surface area contributed by atoms with Gasteiger partial charge in [-0.2, -0.15) is 0 Å². The number of hydrogen-bond donors (Lipinski definition) is 2. The highest BCUT2D eigenvalue weighted by atomic mass is 16.3. The van der Waals surface area contributed by atoms with E-state index in [9.17, 15) is 15.0 Å². The van der Waals surface area contributed by atoms with Crippen LogP contribution in [0.3, 0.4) is 0 Å². The Hall–Kier alpha value is -3.27. The zero-order chi connectivity index (χ0) is 16.6. The van der Waals surface area contributed by atoms with Gasteiger partial charge in [-0.15, -0.1) is 0 Å². The normalized spacial score (nSPS) is 12.8. The van der Waals surface area contributed by atoms with Gasteiger partial charge in [0.2, 0.25) is 0 Å². The Morgan fingerprint density at radius 3 is 2.46 bits per heavy atom. The molecule has 0 atom stereocenters. The van der Waals surface area contributed by atoms with Crippen molar-refractivity contribution in [2.24, 2.45) is 0 Å². The second-order valence-electron chi connectivity index (χ2n) is 6.09. The van der Waals surface area contributed by atoms with E-state index >= 15 is 0 Å². The molecule has 0 unspecified atom stereocenters. The number of furan rings is 1. The lowest BCUT2D eigenvalue weighted by molar-refractivity contribution is 0.104. The lowest BCUT2D eigenvalue weighted by Gasteiger charge is -2.15. The molecule has 116 valence electrons. The van der Waals surface area contributed by atoms with E-state index in [-0.39, 0.29) is 17.3 Å². The van der Waals surface area contributed by atoms with Crippen LogP contribution in [0.1, 0.15) is 21.5 Å². The van der Waals surface area contributed by atoms with E-state index in [0.717, 1.165) is 16.3 Å². The number of ketones is 1. The Kier molecular flexibility index (Phi) is 2.29. The Morgan fingerprint density at radius 2 is 1.71 bits per heavy atom. The minimum atomic E-state index is -0.256. The van der Waals surface area contributed by atoms with Gasteiger partial charge in [0.25, 0.3) is 0 Å². The van der Waals surface area contributed by atoms with Crippen molar-refractivity contribution in [3.8, 4) is 22.8 Å². The van der Waals surface area contributed by atoms with Crippen LogP contribution in [0.2, 0.25) is 0 Å². The van der Waals surface area contributed by atoms with Gasteiger partial charge in [-0.25, -0.2) is 0 Å². The average molecular weight is 316 g/mol. The lowest BCUT2D eigenvalue weighted by atomic mass is 9.85. The molecule has 24 heavy (non-hydrogen) atoms. The minimum Gasteiger partial charge on any atom is -0.504 e. The quantitative estimate of drug-likeness (QED) is 0.412. The largest absolute Gasteiger partial charge is 0.504 e. The third-order valence-corrected chi connectivity index (χ3v) is 4.79. The fourth-order valence-electron chi connectivity index (χ4n) is 3.63. The lowest BCUT2D eigenvalue weighted by Crippen LogP contribution is -2.08. The van der Waals surface area contributed by atoms with E-state index in [4.69, 9.17) is 4.42 Å². The first-order chi connectivity index (χ1) is 11.6. The first kappa shape index (κ1) is 13.2. The van der Waals surface area contributed by atoms with E-state index in [0.29, 0.717) is 33.4 Å². The van der Waals surface area contributed by atoms with Crippen molar-refractivity contribution in [1.29, 1.82) is 0 Å².